The van der Waals surface area contributed by atoms with E-state index in [2.05, 4.69) is 0 Å². The Kier molecular flexibility index (Phi) is 3.86. The largest absolute Gasteiger partial charge is 0.416 e. The van der Waals surface area contributed by atoms with Crippen LogP contribution in [-0.4, -0.2) is 0 Å². The Morgan fingerprint density at radius 3 is 2.30 bits per heavy atom. The van der Waals surface area contributed by atoms with Crippen LogP contribution in [0.5, 0.6) is 0 Å². The van der Waals surface area contributed by atoms with Crippen molar-refractivity contribution in [1.29, 1.82) is 0 Å². The van der Waals surface area contributed by atoms with Crippen LogP contribution in [-0.2, 0) is 6.18 Å². The molecule has 0 amide bonds. The molecule has 1 atom stereocenters. The van der Waals surface area contributed by atoms with Crippen LogP contribution in [0.25, 0.3) is 0 Å². The molecule has 0 aliphatic heterocycles. The van der Waals surface area contributed by atoms with Gasteiger partial charge in [-0.25, -0.2) is 0 Å². The number of aryl methyl sites for hydroxylation is 1. The molecule has 1 unspecified atom stereocenters. The third-order valence-electron chi connectivity index (χ3n) is 3.55. The van der Waals surface area contributed by atoms with Crippen molar-refractivity contribution in [3.05, 3.63) is 70.3 Å². The van der Waals surface area contributed by atoms with Crippen molar-refractivity contribution in [1.82, 2.24) is 0 Å². The predicted molar refractivity (Wildman–Crippen MR) is 73.4 cm³/mol. The molecule has 2 N–H and O–H groups in total. The number of halogens is 3. The standard InChI is InChI=1S/C16H16F3N/c1-10-5-3-8-14(11(10)2)15(20)12-6-4-7-13(9-12)16(17,18)19/h3-9,15H,20H2,1-2H3. The first-order chi connectivity index (χ1) is 9.30. The highest BCUT2D eigenvalue weighted by molar-refractivity contribution is 5.41. The van der Waals surface area contributed by atoms with Crippen LogP contribution in [0, 0.1) is 13.8 Å². The number of rotatable bonds is 2. The zero-order chi connectivity index (χ0) is 14.9. The first kappa shape index (κ1) is 14.6. The maximum atomic E-state index is 12.7. The van der Waals surface area contributed by atoms with Crippen molar-refractivity contribution >= 4 is 0 Å². The lowest BCUT2D eigenvalue weighted by atomic mass is 9.92. The van der Waals surface area contributed by atoms with Gasteiger partial charge in [-0.05, 0) is 48.2 Å². The molecule has 0 radical (unpaired) electrons. The second-order valence-corrected chi connectivity index (χ2v) is 4.89. The summed E-state index contributed by atoms with van der Waals surface area (Å²) < 4.78 is 38.2. The van der Waals surface area contributed by atoms with Crippen LogP contribution in [0.2, 0.25) is 0 Å². The number of hydrogen-bond acceptors (Lipinski definition) is 1. The molecule has 1 nitrogen and oxygen atoms in total. The number of nitrogens with two attached hydrogens (primary N) is 1. The number of hydrogen-bond donors (Lipinski definition) is 1. The van der Waals surface area contributed by atoms with Gasteiger partial charge >= 0.3 is 6.18 Å². The Morgan fingerprint density at radius 1 is 1.00 bits per heavy atom. The van der Waals surface area contributed by atoms with Gasteiger partial charge in [0.05, 0.1) is 11.6 Å². The molecule has 0 fully saturated rings. The average molecular weight is 279 g/mol. The van der Waals surface area contributed by atoms with Gasteiger partial charge in [-0.2, -0.15) is 13.2 Å². The third kappa shape index (κ3) is 2.85. The maximum Gasteiger partial charge on any atom is 0.416 e. The number of benzene rings is 2. The molecule has 2 rings (SSSR count). The van der Waals surface area contributed by atoms with Crippen LogP contribution >= 0.6 is 0 Å². The second-order valence-electron chi connectivity index (χ2n) is 4.89. The summed E-state index contributed by atoms with van der Waals surface area (Å²) in [5.41, 5.74) is 8.86. The fraction of sp³-hybridized carbons (Fsp3) is 0.250. The zero-order valence-corrected chi connectivity index (χ0v) is 11.3. The summed E-state index contributed by atoms with van der Waals surface area (Å²) in [5.74, 6) is 0. The molecule has 2 aromatic carbocycles. The summed E-state index contributed by atoms with van der Waals surface area (Å²) in [7, 11) is 0. The van der Waals surface area contributed by atoms with Crippen molar-refractivity contribution in [3.63, 3.8) is 0 Å². The first-order valence-corrected chi connectivity index (χ1v) is 6.29. The van der Waals surface area contributed by atoms with Crippen molar-refractivity contribution in [3.8, 4) is 0 Å². The highest BCUT2D eigenvalue weighted by Crippen LogP contribution is 2.32. The monoisotopic (exact) mass is 279 g/mol. The van der Waals surface area contributed by atoms with Crippen LogP contribution < -0.4 is 5.73 Å². The summed E-state index contributed by atoms with van der Waals surface area (Å²) in [4.78, 5) is 0. The quantitative estimate of drug-likeness (QED) is 0.868. The zero-order valence-electron chi connectivity index (χ0n) is 11.3. The first-order valence-electron chi connectivity index (χ1n) is 6.29. The van der Waals surface area contributed by atoms with E-state index in [1.54, 1.807) is 6.07 Å². The molecule has 0 bridgehead atoms. The molecule has 106 valence electrons. The maximum absolute atomic E-state index is 12.7. The summed E-state index contributed by atoms with van der Waals surface area (Å²) >= 11 is 0. The third-order valence-corrected chi connectivity index (χ3v) is 3.55. The van der Waals surface area contributed by atoms with Gasteiger partial charge in [-0.1, -0.05) is 30.3 Å². The van der Waals surface area contributed by atoms with Gasteiger partial charge in [0.15, 0.2) is 0 Å². The Balaban J connectivity index is 2.44. The van der Waals surface area contributed by atoms with Gasteiger partial charge in [-0.15, -0.1) is 0 Å². The minimum absolute atomic E-state index is 0.466. The molecule has 0 heterocycles. The van der Waals surface area contributed by atoms with E-state index in [1.165, 1.54) is 6.07 Å². The van der Waals surface area contributed by atoms with E-state index in [0.29, 0.717) is 5.56 Å². The lowest BCUT2D eigenvalue weighted by molar-refractivity contribution is -0.137. The Labute approximate surface area is 116 Å². The van der Waals surface area contributed by atoms with E-state index < -0.39 is 17.8 Å². The summed E-state index contributed by atoms with van der Waals surface area (Å²) in [5, 5.41) is 0. The van der Waals surface area contributed by atoms with Crippen LogP contribution in [0.15, 0.2) is 42.5 Å². The normalized spacial score (nSPS) is 13.3. The molecule has 0 spiro atoms. The van der Waals surface area contributed by atoms with Gasteiger partial charge in [0.2, 0.25) is 0 Å². The van der Waals surface area contributed by atoms with Gasteiger partial charge in [0.1, 0.15) is 0 Å². The lowest BCUT2D eigenvalue weighted by Crippen LogP contribution is -2.15. The summed E-state index contributed by atoms with van der Waals surface area (Å²) in [6.45, 7) is 3.88. The highest BCUT2D eigenvalue weighted by Gasteiger charge is 2.30. The Hall–Kier alpha value is -1.81. The molecule has 0 saturated heterocycles. The summed E-state index contributed by atoms with van der Waals surface area (Å²) in [6.07, 6.45) is -4.35. The van der Waals surface area contributed by atoms with Gasteiger partial charge in [0.25, 0.3) is 0 Å². The fourth-order valence-electron chi connectivity index (χ4n) is 2.20. The lowest BCUT2D eigenvalue weighted by Gasteiger charge is -2.18. The highest BCUT2D eigenvalue weighted by atomic mass is 19.4. The van der Waals surface area contributed by atoms with Crippen molar-refractivity contribution < 1.29 is 13.2 Å². The van der Waals surface area contributed by atoms with Gasteiger partial charge in [0, 0.05) is 0 Å². The van der Waals surface area contributed by atoms with Crippen LogP contribution in [0.4, 0.5) is 13.2 Å². The van der Waals surface area contributed by atoms with Gasteiger partial charge in [-0.3, -0.25) is 0 Å². The molecule has 4 heteroatoms. The van der Waals surface area contributed by atoms with E-state index in [1.807, 2.05) is 32.0 Å². The number of alkyl halides is 3. The molecule has 0 saturated carbocycles. The Morgan fingerprint density at radius 2 is 1.65 bits per heavy atom. The average Bonchev–Trinajstić information content (AvgIpc) is 2.40. The minimum Gasteiger partial charge on any atom is -0.320 e. The topological polar surface area (TPSA) is 26.0 Å². The molecular formula is C16H16F3N. The van der Waals surface area contributed by atoms with E-state index in [9.17, 15) is 13.2 Å². The molecule has 0 aromatic heterocycles. The molecular weight excluding hydrogens is 263 g/mol. The SMILES string of the molecule is Cc1cccc(C(N)c2cccc(C(F)(F)F)c2)c1C. The van der Waals surface area contributed by atoms with E-state index in [-0.39, 0.29) is 0 Å². The molecule has 20 heavy (non-hydrogen) atoms. The van der Waals surface area contributed by atoms with Crippen molar-refractivity contribution in [2.45, 2.75) is 26.1 Å². The van der Waals surface area contributed by atoms with E-state index >= 15 is 0 Å². The molecule has 2 aromatic rings. The van der Waals surface area contributed by atoms with E-state index in [0.717, 1.165) is 28.8 Å². The fourth-order valence-corrected chi connectivity index (χ4v) is 2.20. The predicted octanol–water partition coefficient (Wildman–Crippen LogP) is 4.37. The minimum atomic E-state index is -4.35. The molecule has 0 aliphatic carbocycles. The molecule has 0 aliphatic rings. The van der Waals surface area contributed by atoms with Crippen molar-refractivity contribution in [2.24, 2.45) is 5.73 Å². The van der Waals surface area contributed by atoms with Gasteiger partial charge < -0.3 is 5.73 Å². The summed E-state index contributed by atoms with van der Waals surface area (Å²) in [6, 6.07) is 10.3. The smallest absolute Gasteiger partial charge is 0.320 e. The second kappa shape index (κ2) is 5.29. The van der Waals surface area contributed by atoms with E-state index in [4.69, 9.17) is 5.73 Å². The van der Waals surface area contributed by atoms with Crippen LogP contribution in [0.1, 0.15) is 33.9 Å². The van der Waals surface area contributed by atoms with Crippen molar-refractivity contribution in [2.75, 3.05) is 0 Å². The Bertz CT molecular complexity index is 617. The van der Waals surface area contributed by atoms with Crippen LogP contribution in [0.3, 0.4) is 0 Å².